The topological polar surface area (TPSA) is 72.3 Å². The Morgan fingerprint density at radius 2 is 2.21 bits per heavy atom. The first-order chi connectivity index (χ1) is 6.50. The van der Waals surface area contributed by atoms with Gasteiger partial charge in [-0.05, 0) is 32.2 Å². The van der Waals surface area contributed by atoms with Gasteiger partial charge in [0.15, 0.2) is 0 Å². The fraction of sp³-hybridized carbons (Fsp3) is 0.900. The van der Waals surface area contributed by atoms with Gasteiger partial charge in [-0.1, -0.05) is 6.92 Å². The molecule has 0 radical (unpaired) electrons. The van der Waals surface area contributed by atoms with E-state index in [4.69, 9.17) is 11.5 Å². The van der Waals surface area contributed by atoms with Gasteiger partial charge in [0.1, 0.15) is 0 Å². The van der Waals surface area contributed by atoms with E-state index in [1.165, 1.54) is 12.8 Å². The van der Waals surface area contributed by atoms with Crippen LogP contribution >= 0.6 is 0 Å². The summed E-state index contributed by atoms with van der Waals surface area (Å²) in [5.41, 5.74) is 10.8. The largest absolute Gasteiger partial charge is 0.368 e. The first kappa shape index (κ1) is 11.5. The number of hydrogen-bond donors (Lipinski definition) is 2. The smallest absolute Gasteiger partial charge is 0.235 e. The SMILES string of the molecule is CC1CCN(CC(N)C(N)=O)C(C)C1. The van der Waals surface area contributed by atoms with Crippen LogP contribution in [0.15, 0.2) is 0 Å². The van der Waals surface area contributed by atoms with E-state index in [1.807, 2.05) is 0 Å². The van der Waals surface area contributed by atoms with Crippen LogP contribution in [0.3, 0.4) is 0 Å². The zero-order valence-electron chi connectivity index (χ0n) is 9.07. The molecule has 1 rings (SSSR count). The molecule has 1 saturated heterocycles. The Morgan fingerprint density at radius 3 is 2.71 bits per heavy atom. The molecule has 0 saturated carbocycles. The maximum Gasteiger partial charge on any atom is 0.235 e. The predicted octanol–water partition coefficient (Wildman–Crippen LogP) is -0.0806. The minimum atomic E-state index is -0.522. The van der Waals surface area contributed by atoms with Crippen molar-refractivity contribution in [3.8, 4) is 0 Å². The molecule has 3 unspecified atom stereocenters. The number of nitrogens with two attached hydrogens (primary N) is 2. The molecule has 4 N–H and O–H groups in total. The standard InChI is InChI=1S/C10H21N3O/c1-7-3-4-13(8(2)5-7)6-9(11)10(12)14/h7-9H,3-6,11H2,1-2H3,(H2,12,14). The Morgan fingerprint density at radius 1 is 1.57 bits per heavy atom. The molecule has 0 bridgehead atoms. The average molecular weight is 199 g/mol. The fourth-order valence-electron chi connectivity index (χ4n) is 2.07. The zero-order chi connectivity index (χ0) is 10.7. The van der Waals surface area contributed by atoms with Crippen LogP contribution in [0.25, 0.3) is 0 Å². The molecule has 0 aliphatic carbocycles. The van der Waals surface area contributed by atoms with Crippen LogP contribution in [0.4, 0.5) is 0 Å². The van der Waals surface area contributed by atoms with Gasteiger partial charge in [-0.25, -0.2) is 0 Å². The van der Waals surface area contributed by atoms with Crippen molar-refractivity contribution in [3.63, 3.8) is 0 Å². The van der Waals surface area contributed by atoms with E-state index in [0.717, 1.165) is 12.5 Å². The normalized spacial score (nSPS) is 31.4. The number of carbonyl (C=O) groups is 1. The molecule has 0 aromatic rings. The average Bonchev–Trinajstić information content (AvgIpc) is 2.09. The minimum Gasteiger partial charge on any atom is -0.368 e. The molecule has 1 fully saturated rings. The first-order valence-corrected chi connectivity index (χ1v) is 5.29. The number of rotatable bonds is 3. The highest BCUT2D eigenvalue weighted by atomic mass is 16.1. The Balaban J connectivity index is 2.41. The van der Waals surface area contributed by atoms with Crippen LogP contribution in [-0.4, -0.2) is 36.0 Å². The summed E-state index contributed by atoms with van der Waals surface area (Å²) in [4.78, 5) is 13.1. The highest BCUT2D eigenvalue weighted by Crippen LogP contribution is 2.21. The summed E-state index contributed by atoms with van der Waals surface area (Å²) in [6.45, 7) is 6.08. The van der Waals surface area contributed by atoms with Crippen molar-refractivity contribution in [3.05, 3.63) is 0 Å². The molecular weight excluding hydrogens is 178 g/mol. The number of likely N-dealkylation sites (tertiary alicyclic amines) is 1. The van der Waals surface area contributed by atoms with Gasteiger partial charge in [-0.15, -0.1) is 0 Å². The fourth-order valence-corrected chi connectivity index (χ4v) is 2.07. The van der Waals surface area contributed by atoms with E-state index in [1.54, 1.807) is 0 Å². The second-order valence-electron chi connectivity index (χ2n) is 4.48. The highest BCUT2D eigenvalue weighted by Gasteiger charge is 2.25. The maximum absolute atomic E-state index is 10.8. The molecule has 4 heteroatoms. The minimum absolute atomic E-state index is 0.407. The lowest BCUT2D eigenvalue weighted by molar-refractivity contribution is -0.119. The molecule has 0 spiro atoms. The maximum atomic E-state index is 10.8. The quantitative estimate of drug-likeness (QED) is 0.667. The molecule has 14 heavy (non-hydrogen) atoms. The van der Waals surface area contributed by atoms with Gasteiger partial charge in [0, 0.05) is 12.6 Å². The molecular formula is C10H21N3O. The van der Waals surface area contributed by atoms with Crippen molar-refractivity contribution in [2.45, 2.75) is 38.8 Å². The number of amides is 1. The number of carbonyl (C=O) groups excluding carboxylic acids is 1. The molecule has 82 valence electrons. The Kier molecular flexibility index (Phi) is 3.89. The second-order valence-corrected chi connectivity index (χ2v) is 4.48. The van der Waals surface area contributed by atoms with Crippen molar-refractivity contribution < 1.29 is 4.79 Å². The molecule has 0 aromatic heterocycles. The summed E-state index contributed by atoms with van der Waals surface area (Å²) in [7, 11) is 0. The molecule has 1 heterocycles. The van der Waals surface area contributed by atoms with E-state index in [9.17, 15) is 4.79 Å². The molecule has 3 atom stereocenters. The van der Waals surface area contributed by atoms with E-state index < -0.39 is 11.9 Å². The summed E-state index contributed by atoms with van der Waals surface area (Å²) in [5.74, 6) is 0.377. The van der Waals surface area contributed by atoms with Gasteiger partial charge in [-0.3, -0.25) is 9.69 Å². The highest BCUT2D eigenvalue weighted by molar-refractivity contribution is 5.79. The van der Waals surface area contributed by atoms with Gasteiger partial charge >= 0.3 is 0 Å². The molecule has 0 aromatic carbocycles. The van der Waals surface area contributed by atoms with Crippen LogP contribution < -0.4 is 11.5 Å². The van der Waals surface area contributed by atoms with E-state index in [2.05, 4.69) is 18.7 Å². The third-order valence-electron chi connectivity index (χ3n) is 3.07. The van der Waals surface area contributed by atoms with E-state index >= 15 is 0 Å². The van der Waals surface area contributed by atoms with Crippen molar-refractivity contribution in [1.29, 1.82) is 0 Å². The summed E-state index contributed by atoms with van der Waals surface area (Å²) in [6.07, 6.45) is 2.38. The summed E-state index contributed by atoms with van der Waals surface area (Å²) < 4.78 is 0. The Labute approximate surface area is 85.6 Å². The third-order valence-corrected chi connectivity index (χ3v) is 3.07. The summed E-state index contributed by atoms with van der Waals surface area (Å²) in [6, 6.07) is -0.00462. The van der Waals surface area contributed by atoms with Gasteiger partial charge < -0.3 is 11.5 Å². The lowest BCUT2D eigenvalue weighted by Gasteiger charge is -2.37. The molecule has 1 aliphatic rings. The molecule has 1 amide bonds. The number of nitrogens with zero attached hydrogens (tertiary/aromatic N) is 1. The van der Waals surface area contributed by atoms with Crippen molar-refractivity contribution in [2.75, 3.05) is 13.1 Å². The van der Waals surface area contributed by atoms with E-state index in [0.29, 0.717) is 12.6 Å². The van der Waals surface area contributed by atoms with Crippen LogP contribution in [0, 0.1) is 5.92 Å². The van der Waals surface area contributed by atoms with E-state index in [-0.39, 0.29) is 0 Å². The van der Waals surface area contributed by atoms with Crippen LogP contribution in [0.1, 0.15) is 26.7 Å². The van der Waals surface area contributed by atoms with Crippen molar-refractivity contribution in [2.24, 2.45) is 17.4 Å². The zero-order valence-corrected chi connectivity index (χ0v) is 9.07. The van der Waals surface area contributed by atoms with Crippen molar-refractivity contribution >= 4 is 5.91 Å². The van der Waals surface area contributed by atoms with Crippen LogP contribution in [-0.2, 0) is 4.79 Å². The van der Waals surface area contributed by atoms with Gasteiger partial charge in [-0.2, -0.15) is 0 Å². The summed E-state index contributed by atoms with van der Waals surface area (Å²) in [5, 5.41) is 0. The summed E-state index contributed by atoms with van der Waals surface area (Å²) >= 11 is 0. The molecule has 1 aliphatic heterocycles. The Hall–Kier alpha value is -0.610. The van der Waals surface area contributed by atoms with Crippen LogP contribution in [0.2, 0.25) is 0 Å². The van der Waals surface area contributed by atoms with Gasteiger partial charge in [0.05, 0.1) is 6.04 Å². The number of piperidine rings is 1. The first-order valence-electron chi connectivity index (χ1n) is 5.29. The predicted molar refractivity (Wildman–Crippen MR) is 56.6 cm³/mol. The third kappa shape index (κ3) is 2.96. The lowest BCUT2D eigenvalue weighted by atomic mass is 9.93. The Bertz CT molecular complexity index is 208. The van der Waals surface area contributed by atoms with Crippen molar-refractivity contribution in [1.82, 2.24) is 4.90 Å². The second kappa shape index (κ2) is 4.75. The number of hydrogen-bond acceptors (Lipinski definition) is 3. The van der Waals surface area contributed by atoms with Gasteiger partial charge in [0.25, 0.3) is 0 Å². The lowest BCUT2D eigenvalue weighted by Crippen LogP contribution is -2.50. The molecule has 4 nitrogen and oxygen atoms in total. The van der Waals surface area contributed by atoms with Crippen LogP contribution in [0.5, 0.6) is 0 Å². The van der Waals surface area contributed by atoms with Gasteiger partial charge in [0.2, 0.25) is 5.91 Å². The number of primary amides is 1. The monoisotopic (exact) mass is 199 g/mol.